The Morgan fingerprint density at radius 1 is 1.17 bits per heavy atom. The first kappa shape index (κ1) is 16.3. The molecule has 0 aliphatic carbocycles. The highest BCUT2D eigenvalue weighted by Gasteiger charge is 2.24. The van der Waals surface area contributed by atoms with Crippen molar-refractivity contribution < 1.29 is 0 Å². The molecule has 0 unspecified atom stereocenters. The monoisotopic (exact) mass is 315 g/mol. The lowest BCUT2D eigenvalue weighted by atomic mass is 10.0. The molecule has 3 rings (SSSR count). The molecule has 1 aliphatic heterocycles. The Hall–Kier alpha value is -1.55. The molecular formula is C19H29N3O. The highest BCUT2D eigenvalue weighted by atomic mass is 16.1. The zero-order chi connectivity index (χ0) is 16.6. The highest BCUT2D eigenvalue weighted by molar-refractivity contribution is 5.76. The number of hydrogen-bond acceptors (Lipinski definition) is 2. The van der Waals surface area contributed by atoms with Crippen LogP contribution in [0.15, 0.2) is 23.0 Å². The lowest BCUT2D eigenvalue weighted by Gasteiger charge is -2.33. The molecule has 1 N–H and O–H groups in total. The van der Waals surface area contributed by atoms with E-state index in [-0.39, 0.29) is 5.69 Å². The van der Waals surface area contributed by atoms with Gasteiger partial charge >= 0.3 is 5.69 Å². The summed E-state index contributed by atoms with van der Waals surface area (Å²) in [6, 6.07) is 6.69. The smallest absolute Gasteiger partial charge is 0.306 e. The summed E-state index contributed by atoms with van der Waals surface area (Å²) in [4.78, 5) is 18.0. The van der Waals surface area contributed by atoms with Crippen molar-refractivity contribution in [1.82, 2.24) is 14.5 Å². The summed E-state index contributed by atoms with van der Waals surface area (Å²) in [5.41, 5.74) is 3.37. The zero-order valence-electron chi connectivity index (χ0n) is 14.8. The normalized spacial score (nSPS) is 17.7. The van der Waals surface area contributed by atoms with Gasteiger partial charge < -0.3 is 9.88 Å². The van der Waals surface area contributed by atoms with Crippen molar-refractivity contribution >= 4 is 11.0 Å². The van der Waals surface area contributed by atoms with Gasteiger partial charge in [-0.25, -0.2) is 4.79 Å². The third-order valence-corrected chi connectivity index (χ3v) is 4.95. The first-order valence-electron chi connectivity index (χ1n) is 8.92. The van der Waals surface area contributed by atoms with Crippen LogP contribution in [0, 0.1) is 5.92 Å². The van der Waals surface area contributed by atoms with E-state index in [1.165, 1.54) is 5.56 Å². The largest absolute Gasteiger partial charge is 0.326 e. The molecule has 1 aliphatic rings. The Balaban J connectivity index is 1.87. The summed E-state index contributed by atoms with van der Waals surface area (Å²) in [6.07, 6.45) is 2.12. The minimum absolute atomic E-state index is 0.0446. The summed E-state index contributed by atoms with van der Waals surface area (Å²) in [5.74, 6) is 1.18. The van der Waals surface area contributed by atoms with Gasteiger partial charge in [-0.05, 0) is 42.4 Å². The van der Waals surface area contributed by atoms with Crippen LogP contribution >= 0.6 is 0 Å². The molecule has 1 aromatic heterocycles. The second-order valence-electron chi connectivity index (χ2n) is 7.66. The van der Waals surface area contributed by atoms with Gasteiger partial charge in [0.05, 0.1) is 11.0 Å². The number of fused-ring (bicyclic) bond motifs is 1. The number of nitrogens with zero attached hydrogens (tertiary/aromatic N) is 2. The van der Waals surface area contributed by atoms with Crippen molar-refractivity contribution in [2.45, 2.75) is 52.5 Å². The average Bonchev–Trinajstić information content (AvgIpc) is 2.82. The molecular weight excluding hydrogens is 286 g/mol. The molecule has 2 aromatic rings. The Kier molecular flexibility index (Phi) is 4.62. The van der Waals surface area contributed by atoms with Crippen molar-refractivity contribution in [3.63, 3.8) is 0 Å². The predicted octanol–water partition coefficient (Wildman–Crippen LogP) is 3.75. The van der Waals surface area contributed by atoms with Crippen molar-refractivity contribution in [2.75, 3.05) is 19.6 Å². The van der Waals surface area contributed by atoms with Crippen LogP contribution in [0.1, 0.15) is 58.1 Å². The Morgan fingerprint density at radius 3 is 2.48 bits per heavy atom. The number of rotatable bonds is 4. The summed E-state index contributed by atoms with van der Waals surface area (Å²) < 4.78 is 2.01. The van der Waals surface area contributed by atoms with Gasteiger partial charge in [0.25, 0.3) is 0 Å². The van der Waals surface area contributed by atoms with Gasteiger partial charge in [-0.15, -0.1) is 0 Å². The first-order chi connectivity index (χ1) is 11.0. The summed E-state index contributed by atoms with van der Waals surface area (Å²) in [6.45, 7) is 12.3. The maximum atomic E-state index is 12.5. The van der Waals surface area contributed by atoms with Gasteiger partial charge in [0, 0.05) is 25.7 Å². The summed E-state index contributed by atoms with van der Waals surface area (Å²) >= 11 is 0. The van der Waals surface area contributed by atoms with Crippen LogP contribution < -0.4 is 5.69 Å². The topological polar surface area (TPSA) is 41.0 Å². The number of hydrogen-bond donors (Lipinski definition) is 1. The molecule has 0 bridgehead atoms. The van der Waals surface area contributed by atoms with E-state index in [0.29, 0.717) is 17.9 Å². The van der Waals surface area contributed by atoms with Crippen LogP contribution in [-0.2, 0) is 0 Å². The molecule has 2 heterocycles. The number of likely N-dealkylation sites (tertiary alicyclic amines) is 1. The van der Waals surface area contributed by atoms with Crippen LogP contribution in [-0.4, -0.2) is 34.1 Å². The molecule has 126 valence electrons. The first-order valence-corrected chi connectivity index (χ1v) is 8.92. The van der Waals surface area contributed by atoms with Crippen molar-refractivity contribution in [1.29, 1.82) is 0 Å². The van der Waals surface area contributed by atoms with Crippen molar-refractivity contribution in [3.8, 4) is 0 Å². The van der Waals surface area contributed by atoms with Gasteiger partial charge in [0.15, 0.2) is 0 Å². The fourth-order valence-electron chi connectivity index (χ4n) is 3.74. The molecule has 0 atom stereocenters. The standard InChI is InChI=1S/C19H29N3O/c1-13(2)12-21-9-7-16(8-10-21)22-18-11-15(14(3)4)5-6-17(18)20-19(22)23/h5-6,11,13-14,16H,7-10,12H2,1-4H3,(H,20,23). The molecule has 0 saturated carbocycles. The fourth-order valence-corrected chi connectivity index (χ4v) is 3.74. The van der Waals surface area contributed by atoms with E-state index in [4.69, 9.17) is 0 Å². The van der Waals surface area contributed by atoms with E-state index in [2.05, 4.69) is 55.8 Å². The van der Waals surface area contributed by atoms with Crippen LogP contribution in [0.5, 0.6) is 0 Å². The molecule has 4 nitrogen and oxygen atoms in total. The molecule has 0 spiro atoms. The molecule has 4 heteroatoms. The number of aromatic amines is 1. The highest BCUT2D eigenvalue weighted by Crippen LogP contribution is 2.27. The van der Waals surface area contributed by atoms with Crippen LogP contribution in [0.4, 0.5) is 0 Å². The number of benzene rings is 1. The Morgan fingerprint density at radius 2 is 1.87 bits per heavy atom. The number of aromatic nitrogens is 2. The SMILES string of the molecule is CC(C)CN1CCC(n2c(=O)[nH]c3ccc(C(C)C)cc32)CC1. The Labute approximate surface area is 138 Å². The van der Waals surface area contributed by atoms with Crippen molar-refractivity contribution in [3.05, 3.63) is 34.2 Å². The van der Waals surface area contributed by atoms with E-state index < -0.39 is 0 Å². The lowest BCUT2D eigenvalue weighted by Crippen LogP contribution is -2.38. The van der Waals surface area contributed by atoms with Gasteiger partial charge in [-0.2, -0.15) is 0 Å². The number of piperidine rings is 1. The third-order valence-electron chi connectivity index (χ3n) is 4.95. The van der Waals surface area contributed by atoms with E-state index in [9.17, 15) is 4.79 Å². The van der Waals surface area contributed by atoms with Crippen LogP contribution in [0.25, 0.3) is 11.0 Å². The van der Waals surface area contributed by atoms with Crippen LogP contribution in [0.3, 0.4) is 0 Å². The molecule has 23 heavy (non-hydrogen) atoms. The Bertz CT molecular complexity index is 718. The van der Waals surface area contributed by atoms with Crippen LogP contribution in [0.2, 0.25) is 0 Å². The second kappa shape index (κ2) is 6.52. The average molecular weight is 315 g/mol. The van der Waals surface area contributed by atoms with E-state index in [1.807, 2.05) is 4.57 Å². The number of imidazole rings is 1. The van der Waals surface area contributed by atoms with Gasteiger partial charge in [-0.3, -0.25) is 4.57 Å². The van der Waals surface area contributed by atoms with E-state index >= 15 is 0 Å². The predicted molar refractivity (Wildman–Crippen MR) is 96.2 cm³/mol. The molecule has 1 fully saturated rings. The maximum Gasteiger partial charge on any atom is 0.326 e. The van der Waals surface area contributed by atoms with E-state index in [1.54, 1.807) is 0 Å². The summed E-state index contributed by atoms with van der Waals surface area (Å²) in [7, 11) is 0. The third kappa shape index (κ3) is 3.37. The van der Waals surface area contributed by atoms with Gasteiger partial charge in [0.1, 0.15) is 0 Å². The molecule has 0 amide bonds. The minimum atomic E-state index is 0.0446. The lowest BCUT2D eigenvalue weighted by molar-refractivity contribution is 0.170. The summed E-state index contributed by atoms with van der Waals surface area (Å²) in [5, 5.41) is 0. The molecule has 1 saturated heterocycles. The van der Waals surface area contributed by atoms with Crippen molar-refractivity contribution in [2.24, 2.45) is 5.92 Å². The minimum Gasteiger partial charge on any atom is -0.306 e. The van der Waals surface area contributed by atoms with Gasteiger partial charge in [-0.1, -0.05) is 33.8 Å². The fraction of sp³-hybridized carbons (Fsp3) is 0.632. The van der Waals surface area contributed by atoms with Gasteiger partial charge in [0.2, 0.25) is 0 Å². The quantitative estimate of drug-likeness (QED) is 0.933. The number of H-pyrrole nitrogens is 1. The second-order valence-corrected chi connectivity index (χ2v) is 7.66. The van der Waals surface area contributed by atoms with E-state index in [0.717, 1.165) is 43.5 Å². The molecule has 1 aromatic carbocycles. The molecule has 0 radical (unpaired) electrons. The zero-order valence-corrected chi connectivity index (χ0v) is 14.8. The number of nitrogens with one attached hydrogen (secondary N) is 1. The maximum absolute atomic E-state index is 12.5.